The lowest BCUT2D eigenvalue weighted by molar-refractivity contribution is 0.295. The van der Waals surface area contributed by atoms with Crippen molar-refractivity contribution in [1.29, 1.82) is 0 Å². The standard InChI is InChI=1S/C23H28N2OS/c1-2-26-20-8-9-22-21(16-20)19(17-24-22)6-3-4-12-25-13-10-18(11-14-25)23-7-5-15-27-23/h5,7-10,15-17,24H,2-4,6,11-14H2,1H3. The Morgan fingerprint density at radius 1 is 1.22 bits per heavy atom. The van der Waals surface area contributed by atoms with Crippen LogP contribution in [0, 0.1) is 0 Å². The van der Waals surface area contributed by atoms with Gasteiger partial charge < -0.3 is 9.72 Å². The summed E-state index contributed by atoms with van der Waals surface area (Å²) in [5.74, 6) is 0.965. The molecule has 0 saturated heterocycles. The molecule has 2 aromatic heterocycles. The number of hydrogen-bond acceptors (Lipinski definition) is 3. The molecule has 1 aliphatic rings. The SMILES string of the molecule is CCOc1ccc2[nH]cc(CCCCN3CC=C(c4cccs4)CC3)c2c1. The number of aryl methyl sites for hydroxylation is 1. The van der Waals surface area contributed by atoms with E-state index in [0.717, 1.165) is 18.7 Å². The summed E-state index contributed by atoms with van der Waals surface area (Å²) in [5, 5.41) is 3.48. The molecule has 27 heavy (non-hydrogen) atoms. The molecule has 3 heterocycles. The average molecular weight is 381 g/mol. The second kappa shape index (κ2) is 8.77. The Hall–Kier alpha value is -2.04. The number of fused-ring (bicyclic) bond motifs is 1. The first kappa shape index (κ1) is 18.3. The van der Waals surface area contributed by atoms with E-state index in [1.165, 1.54) is 59.3 Å². The number of rotatable bonds is 8. The number of ether oxygens (including phenoxy) is 1. The number of benzene rings is 1. The number of nitrogens with one attached hydrogen (secondary N) is 1. The Labute approximate surface area is 165 Å². The predicted molar refractivity (Wildman–Crippen MR) is 116 cm³/mol. The van der Waals surface area contributed by atoms with Gasteiger partial charge in [0, 0.05) is 35.1 Å². The highest BCUT2D eigenvalue weighted by molar-refractivity contribution is 7.11. The minimum absolute atomic E-state index is 0.712. The molecule has 3 nitrogen and oxygen atoms in total. The maximum Gasteiger partial charge on any atom is 0.120 e. The number of aromatic amines is 1. The number of nitrogens with zero attached hydrogens (tertiary/aromatic N) is 1. The van der Waals surface area contributed by atoms with Crippen molar-refractivity contribution in [2.24, 2.45) is 0 Å². The normalized spacial score (nSPS) is 15.2. The highest BCUT2D eigenvalue weighted by Crippen LogP contribution is 2.27. The number of unbranched alkanes of at least 4 members (excludes halogenated alkanes) is 1. The molecule has 4 heteroatoms. The van der Waals surface area contributed by atoms with Crippen molar-refractivity contribution >= 4 is 27.8 Å². The van der Waals surface area contributed by atoms with Gasteiger partial charge in [0.2, 0.25) is 0 Å². The zero-order valence-corrected chi connectivity index (χ0v) is 16.9. The van der Waals surface area contributed by atoms with Gasteiger partial charge in [0.1, 0.15) is 5.75 Å². The highest BCUT2D eigenvalue weighted by Gasteiger charge is 2.13. The summed E-state index contributed by atoms with van der Waals surface area (Å²) in [5.41, 5.74) is 4.14. The molecule has 0 fully saturated rings. The van der Waals surface area contributed by atoms with E-state index < -0.39 is 0 Å². The van der Waals surface area contributed by atoms with Crippen molar-refractivity contribution in [3.63, 3.8) is 0 Å². The maximum absolute atomic E-state index is 5.65. The first-order valence-electron chi connectivity index (χ1n) is 10.0. The molecule has 0 amide bonds. The lowest BCUT2D eigenvalue weighted by atomic mass is 10.0. The van der Waals surface area contributed by atoms with Crippen molar-refractivity contribution < 1.29 is 4.74 Å². The Bertz CT molecular complexity index is 894. The maximum atomic E-state index is 5.65. The van der Waals surface area contributed by atoms with Gasteiger partial charge in [-0.1, -0.05) is 12.1 Å². The zero-order chi connectivity index (χ0) is 18.5. The van der Waals surface area contributed by atoms with E-state index in [4.69, 9.17) is 4.74 Å². The van der Waals surface area contributed by atoms with E-state index in [9.17, 15) is 0 Å². The molecule has 0 saturated carbocycles. The van der Waals surface area contributed by atoms with Gasteiger partial charge >= 0.3 is 0 Å². The van der Waals surface area contributed by atoms with Gasteiger partial charge in [-0.3, -0.25) is 4.90 Å². The van der Waals surface area contributed by atoms with Gasteiger partial charge in [0.25, 0.3) is 0 Å². The lowest BCUT2D eigenvalue weighted by Crippen LogP contribution is -2.29. The summed E-state index contributed by atoms with van der Waals surface area (Å²) >= 11 is 1.86. The van der Waals surface area contributed by atoms with Gasteiger partial charge in [-0.05, 0) is 79.9 Å². The summed E-state index contributed by atoms with van der Waals surface area (Å²) < 4.78 is 5.65. The van der Waals surface area contributed by atoms with E-state index >= 15 is 0 Å². The number of aromatic nitrogens is 1. The van der Waals surface area contributed by atoms with E-state index in [1.807, 2.05) is 24.3 Å². The second-order valence-electron chi connectivity index (χ2n) is 7.17. The first-order chi connectivity index (χ1) is 13.3. The number of H-pyrrole nitrogens is 1. The third kappa shape index (κ3) is 4.45. The molecule has 1 aromatic carbocycles. The van der Waals surface area contributed by atoms with Crippen LogP contribution in [0.3, 0.4) is 0 Å². The first-order valence-corrected chi connectivity index (χ1v) is 10.9. The van der Waals surface area contributed by atoms with E-state index in [2.05, 4.69) is 51.8 Å². The summed E-state index contributed by atoms with van der Waals surface area (Å²) in [4.78, 5) is 7.42. The molecule has 0 spiro atoms. The molecule has 0 unspecified atom stereocenters. The molecule has 0 aliphatic carbocycles. The van der Waals surface area contributed by atoms with Crippen LogP contribution in [-0.4, -0.2) is 36.1 Å². The van der Waals surface area contributed by atoms with E-state index in [0.29, 0.717) is 6.61 Å². The molecule has 142 valence electrons. The van der Waals surface area contributed by atoms with Crippen LogP contribution in [0.2, 0.25) is 0 Å². The Kier molecular flexibility index (Phi) is 5.95. The van der Waals surface area contributed by atoms with Crippen LogP contribution in [0.25, 0.3) is 16.5 Å². The van der Waals surface area contributed by atoms with E-state index in [-0.39, 0.29) is 0 Å². The topological polar surface area (TPSA) is 28.3 Å². The fourth-order valence-electron chi connectivity index (χ4n) is 3.87. The number of thiophene rings is 1. The molecule has 1 aliphatic heterocycles. The van der Waals surface area contributed by atoms with Gasteiger partial charge in [-0.25, -0.2) is 0 Å². The molecular weight excluding hydrogens is 352 g/mol. The third-order valence-electron chi connectivity index (χ3n) is 5.35. The molecule has 0 atom stereocenters. The van der Waals surface area contributed by atoms with Crippen LogP contribution in [0.5, 0.6) is 5.75 Å². The minimum atomic E-state index is 0.712. The van der Waals surface area contributed by atoms with Crippen molar-refractivity contribution in [1.82, 2.24) is 9.88 Å². The van der Waals surface area contributed by atoms with Crippen LogP contribution in [0.15, 0.2) is 48.0 Å². The van der Waals surface area contributed by atoms with Crippen LogP contribution in [0.4, 0.5) is 0 Å². The van der Waals surface area contributed by atoms with E-state index in [1.54, 1.807) is 0 Å². The van der Waals surface area contributed by atoms with Crippen molar-refractivity contribution in [2.75, 3.05) is 26.2 Å². The van der Waals surface area contributed by atoms with Gasteiger partial charge in [-0.15, -0.1) is 11.3 Å². The van der Waals surface area contributed by atoms with Crippen LogP contribution in [-0.2, 0) is 6.42 Å². The van der Waals surface area contributed by atoms with Crippen molar-refractivity contribution in [3.05, 3.63) is 58.4 Å². The summed E-state index contributed by atoms with van der Waals surface area (Å²) in [6.07, 6.45) is 9.37. The summed E-state index contributed by atoms with van der Waals surface area (Å²) in [7, 11) is 0. The second-order valence-corrected chi connectivity index (χ2v) is 8.12. The average Bonchev–Trinajstić information content (AvgIpc) is 3.36. The van der Waals surface area contributed by atoms with Crippen molar-refractivity contribution in [3.8, 4) is 5.75 Å². The summed E-state index contributed by atoms with van der Waals surface area (Å²) in [6.45, 7) is 6.22. The van der Waals surface area contributed by atoms with Crippen LogP contribution in [0.1, 0.15) is 36.6 Å². The molecular formula is C23H28N2OS. The molecule has 0 radical (unpaired) electrons. The fraction of sp³-hybridized carbons (Fsp3) is 0.391. The van der Waals surface area contributed by atoms with Gasteiger partial charge in [-0.2, -0.15) is 0 Å². The predicted octanol–water partition coefficient (Wildman–Crippen LogP) is 5.74. The quantitative estimate of drug-likeness (QED) is 0.505. The molecule has 3 aromatic rings. The van der Waals surface area contributed by atoms with Gasteiger partial charge in [0.15, 0.2) is 0 Å². The lowest BCUT2D eigenvalue weighted by Gasteiger charge is -2.25. The van der Waals surface area contributed by atoms with Crippen LogP contribution >= 0.6 is 11.3 Å². The minimum Gasteiger partial charge on any atom is -0.494 e. The molecule has 4 rings (SSSR count). The third-order valence-corrected chi connectivity index (χ3v) is 6.30. The summed E-state index contributed by atoms with van der Waals surface area (Å²) in [6, 6.07) is 10.7. The monoisotopic (exact) mass is 380 g/mol. The van der Waals surface area contributed by atoms with Gasteiger partial charge in [0.05, 0.1) is 6.61 Å². The van der Waals surface area contributed by atoms with Crippen molar-refractivity contribution in [2.45, 2.75) is 32.6 Å². The largest absolute Gasteiger partial charge is 0.494 e. The smallest absolute Gasteiger partial charge is 0.120 e. The Morgan fingerprint density at radius 2 is 2.19 bits per heavy atom. The molecule has 0 bridgehead atoms. The zero-order valence-electron chi connectivity index (χ0n) is 16.0. The number of hydrogen-bond donors (Lipinski definition) is 1. The Morgan fingerprint density at radius 3 is 2.96 bits per heavy atom. The van der Waals surface area contributed by atoms with Crippen LogP contribution < -0.4 is 4.74 Å². The molecule has 1 N–H and O–H groups in total. The highest BCUT2D eigenvalue weighted by atomic mass is 32.1. The Balaban J connectivity index is 1.26. The fourth-order valence-corrected chi connectivity index (χ4v) is 4.67.